The molecule has 2 aromatic rings. The van der Waals surface area contributed by atoms with Crippen molar-refractivity contribution in [3.05, 3.63) is 23.9 Å². The summed E-state index contributed by atoms with van der Waals surface area (Å²) in [5, 5.41) is -0.0961. The van der Waals surface area contributed by atoms with Gasteiger partial charge in [-0.05, 0) is 39.0 Å². The number of aromatic amines is 1. The predicted molar refractivity (Wildman–Crippen MR) is 107 cm³/mol. The van der Waals surface area contributed by atoms with Crippen molar-refractivity contribution in [3.63, 3.8) is 0 Å². The van der Waals surface area contributed by atoms with Gasteiger partial charge in [0.05, 0.1) is 23.3 Å². The number of ether oxygens (including phenoxy) is 2. The number of rotatable bonds is 8. The maximum atomic E-state index is 12.5. The number of carbonyl (C=O) groups excluding carboxylic acids is 2. The van der Waals surface area contributed by atoms with Crippen molar-refractivity contribution in [3.8, 4) is 0 Å². The number of nitrogens with one attached hydrogen (secondary N) is 1. The second kappa shape index (κ2) is 8.91. The summed E-state index contributed by atoms with van der Waals surface area (Å²) in [6, 6.07) is 4.70. The molecule has 0 saturated heterocycles. The van der Waals surface area contributed by atoms with E-state index in [0.29, 0.717) is 16.7 Å². The molecule has 0 aliphatic rings. The molecular formula is C19H27N3O6S. The molecule has 0 bridgehead atoms. The summed E-state index contributed by atoms with van der Waals surface area (Å²) in [6.07, 6.45) is -0.595. The summed E-state index contributed by atoms with van der Waals surface area (Å²) in [6.45, 7) is 5.50. The number of H-pyrrole nitrogens is 1. The third-order valence-corrected chi connectivity index (χ3v) is 5.50. The normalized spacial score (nSPS) is 12.2. The maximum absolute atomic E-state index is 12.5. The van der Waals surface area contributed by atoms with E-state index in [4.69, 9.17) is 9.47 Å². The second-order valence-corrected chi connectivity index (χ2v) is 9.81. The zero-order chi connectivity index (χ0) is 21.8. The van der Waals surface area contributed by atoms with E-state index in [-0.39, 0.29) is 36.1 Å². The Balaban J connectivity index is 2.13. The standard InChI is InChI=1S/C19H27N3O6S/c1-19(2,3)28-18(24)22(4)11-13-10-16-15(20-13)6-7-17(21-16)29(25,26)9-8-14(23)12-27-5/h6-7,10,20H,8-9,11-12H2,1-5H3. The molecular weight excluding hydrogens is 398 g/mol. The number of methoxy groups -OCH3 is 1. The zero-order valence-corrected chi connectivity index (χ0v) is 18.1. The van der Waals surface area contributed by atoms with E-state index in [1.54, 1.807) is 40.0 Å². The predicted octanol–water partition coefficient (Wildman–Crippen LogP) is 2.31. The van der Waals surface area contributed by atoms with Crippen LogP contribution in [0.4, 0.5) is 4.79 Å². The average Bonchev–Trinajstić information content (AvgIpc) is 3.00. The van der Waals surface area contributed by atoms with Gasteiger partial charge in [0.25, 0.3) is 0 Å². The molecule has 1 N–H and O–H groups in total. The van der Waals surface area contributed by atoms with E-state index in [0.717, 1.165) is 0 Å². The van der Waals surface area contributed by atoms with Crippen LogP contribution < -0.4 is 0 Å². The number of carbonyl (C=O) groups is 2. The molecule has 1 amide bonds. The van der Waals surface area contributed by atoms with Crippen LogP contribution in [0.25, 0.3) is 11.0 Å². The molecule has 2 rings (SSSR count). The fourth-order valence-corrected chi connectivity index (χ4v) is 3.77. The van der Waals surface area contributed by atoms with Gasteiger partial charge in [-0.3, -0.25) is 4.79 Å². The summed E-state index contributed by atoms with van der Waals surface area (Å²) < 4.78 is 34.9. The van der Waals surface area contributed by atoms with Crippen LogP contribution >= 0.6 is 0 Å². The van der Waals surface area contributed by atoms with Crippen LogP contribution in [0.15, 0.2) is 23.2 Å². The van der Waals surface area contributed by atoms with Gasteiger partial charge in [-0.25, -0.2) is 18.2 Å². The van der Waals surface area contributed by atoms with Gasteiger partial charge in [0.15, 0.2) is 20.6 Å². The van der Waals surface area contributed by atoms with E-state index in [1.807, 2.05) is 0 Å². The topological polar surface area (TPSA) is 119 Å². The molecule has 0 saturated carbocycles. The van der Waals surface area contributed by atoms with Gasteiger partial charge in [-0.1, -0.05) is 0 Å². The number of Topliss-reactive ketones (excluding diaryl/α,β-unsaturated/α-hetero) is 1. The van der Waals surface area contributed by atoms with Crippen LogP contribution in [-0.2, 0) is 30.7 Å². The largest absolute Gasteiger partial charge is 0.444 e. The summed E-state index contributed by atoms with van der Waals surface area (Å²) in [5.74, 6) is -0.613. The minimum absolute atomic E-state index is 0.0961. The van der Waals surface area contributed by atoms with Crippen molar-refractivity contribution in [1.82, 2.24) is 14.9 Å². The van der Waals surface area contributed by atoms with Gasteiger partial charge in [0.1, 0.15) is 12.2 Å². The number of nitrogens with zero attached hydrogens (tertiary/aromatic N) is 2. The number of sulfone groups is 1. The third kappa shape index (κ3) is 6.53. The SMILES string of the molecule is COCC(=O)CCS(=O)(=O)c1ccc2[nH]c(CN(C)C(=O)OC(C)(C)C)cc2n1. The lowest BCUT2D eigenvalue weighted by Crippen LogP contribution is -2.33. The van der Waals surface area contributed by atoms with E-state index in [1.165, 1.54) is 18.1 Å². The van der Waals surface area contributed by atoms with Gasteiger partial charge in [0.2, 0.25) is 0 Å². The first kappa shape index (κ1) is 22.8. The van der Waals surface area contributed by atoms with E-state index < -0.39 is 21.5 Å². The van der Waals surface area contributed by atoms with Crippen LogP contribution in [0.5, 0.6) is 0 Å². The van der Waals surface area contributed by atoms with Crippen molar-refractivity contribution in [2.45, 2.75) is 44.4 Å². The van der Waals surface area contributed by atoms with Crippen molar-refractivity contribution < 1.29 is 27.5 Å². The molecule has 0 unspecified atom stereocenters. The fraction of sp³-hybridized carbons (Fsp3) is 0.526. The Labute approximate surface area is 170 Å². The van der Waals surface area contributed by atoms with Gasteiger partial charge >= 0.3 is 6.09 Å². The summed E-state index contributed by atoms with van der Waals surface area (Å²) in [7, 11) is -0.707. The van der Waals surface area contributed by atoms with Gasteiger partial charge in [-0.15, -0.1) is 0 Å². The molecule has 0 atom stereocenters. The molecule has 0 aliphatic carbocycles. The van der Waals surface area contributed by atoms with Crippen molar-refractivity contribution in [2.24, 2.45) is 0 Å². The van der Waals surface area contributed by atoms with Gasteiger partial charge in [0, 0.05) is 26.3 Å². The molecule has 2 aromatic heterocycles. The highest BCUT2D eigenvalue weighted by Crippen LogP contribution is 2.19. The van der Waals surface area contributed by atoms with Crippen LogP contribution in [0.2, 0.25) is 0 Å². The highest BCUT2D eigenvalue weighted by molar-refractivity contribution is 7.91. The summed E-state index contributed by atoms with van der Waals surface area (Å²) in [5.41, 5.74) is 1.20. The monoisotopic (exact) mass is 425 g/mol. The quantitative estimate of drug-likeness (QED) is 0.689. The van der Waals surface area contributed by atoms with Gasteiger partial charge in [-0.2, -0.15) is 0 Å². The number of amides is 1. The molecule has 29 heavy (non-hydrogen) atoms. The lowest BCUT2D eigenvalue weighted by molar-refractivity contribution is -0.122. The van der Waals surface area contributed by atoms with Crippen LogP contribution in [0, 0.1) is 0 Å². The number of hydrogen-bond donors (Lipinski definition) is 1. The molecule has 2 heterocycles. The first-order valence-electron chi connectivity index (χ1n) is 9.07. The Kier molecular flexibility index (Phi) is 7.02. The number of ketones is 1. The molecule has 0 aromatic carbocycles. The zero-order valence-electron chi connectivity index (χ0n) is 17.3. The Morgan fingerprint density at radius 1 is 1.24 bits per heavy atom. The highest BCUT2D eigenvalue weighted by atomic mass is 32.2. The van der Waals surface area contributed by atoms with E-state index in [2.05, 4.69) is 9.97 Å². The number of aromatic nitrogens is 2. The molecule has 0 spiro atoms. The number of fused-ring (bicyclic) bond motifs is 1. The fourth-order valence-electron chi connectivity index (χ4n) is 2.55. The molecule has 160 valence electrons. The minimum atomic E-state index is -3.70. The molecule has 9 nitrogen and oxygen atoms in total. The van der Waals surface area contributed by atoms with Crippen LogP contribution in [0.3, 0.4) is 0 Å². The highest BCUT2D eigenvalue weighted by Gasteiger charge is 2.21. The van der Waals surface area contributed by atoms with Crippen LogP contribution in [-0.4, -0.2) is 67.3 Å². The second-order valence-electron chi connectivity index (χ2n) is 7.75. The minimum Gasteiger partial charge on any atom is -0.444 e. The first-order valence-corrected chi connectivity index (χ1v) is 10.7. The molecule has 0 aliphatic heterocycles. The van der Waals surface area contributed by atoms with E-state index in [9.17, 15) is 18.0 Å². The summed E-state index contributed by atoms with van der Waals surface area (Å²) in [4.78, 5) is 32.4. The molecule has 0 radical (unpaired) electrons. The van der Waals surface area contributed by atoms with Crippen molar-refractivity contribution in [2.75, 3.05) is 26.5 Å². The smallest absolute Gasteiger partial charge is 0.410 e. The third-order valence-electron chi connectivity index (χ3n) is 3.89. The summed E-state index contributed by atoms with van der Waals surface area (Å²) >= 11 is 0. The lowest BCUT2D eigenvalue weighted by Gasteiger charge is -2.24. The van der Waals surface area contributed by atoms with Gasteiger partial charge < -0.3 is 19.4 Å². The Morgan fingerprint density at radius 3 is 2.55 bits per heavy atom. The molecule has 10 heteroatoms. The van der Waals surface area contributed by atoms with Crippen molar-refractivity contribution in [1.29, 1.82) is 0 Å². The first-order chi connectivity index (χ1) is 13.4. The molecule has 0 fully saturated rings. The Hall–Kier alpha value is -2.46. The Bertz CT molecular complexity index is 991. The van der Waals surface area contributed by atoms with Crippen LogP contribution in [0.1, 0.15) is 32.9 Å². The van der Waals surface area contributed by atoms with Crippen molar-refractivity contribution >= 4 is 32.7 Å². The number of hydrogen-bond acceptors (Lipinski definition) is 7. The lowest BCUT2D eigenvalue weighted by atomic mass is 10.2. The maximum Gasteiger partial charge on any atom is 0.410 e. The Morgan fingerprint density at radius 2 is 1.93 bits per heavy atom. The number of pyridine rings is 1. The van der Waals surface area contributed by atoms with E-state index >= 15 is 0 Å². The average molecular weight is 426 g/mol.